The first-order valence-electron chi connectivity index (χ1n) is 17.5. The molecule has 6 rings (SSSR count). The molecule has 0 radical (unpaired) electrons. The van der Waals surface area contributed by atoms with Gasteiger partial charge in [0.05, 0.1) is 17.3 Å². The van der Waals surface area contributed by atoms with Crippen LogP contribution in [0.2, 0.25) is 0 Å². The number of anilines is 1. The van der Waals surface area contributed by atoms with Gasteiger partial charge >= 0.3 is 0 Å². The van der Waals surface area contributed by atoms with Gasteiger partial charge in [0.1, 0.15) is 5.75 Å². The van der Waals surface area contributed by atoms with Crippen molar-refractivity contribution in [2.24, 2.45) is 4.99 Å². The molecule has 1 aliphatic heterocycles. The number of carbonyl (C=O) groups is 1. The van der Waals surface area contributed by atoms with Crippen LogP contribution in [-0.4, -0.2) is 63.9 Å². The second-order valence-corrected chi connectivity index (χ2v) is 15.1. The molecular weight excluding hydrogens is 689 g/mol. The molecule has 5 aromatic carbocycles. The van der Waals surface area contributed by atoms with E-state index in [-0.39, 0.29) is 29.6 Å². The van der Waals surface area contributed by atoms with E-state index in [0.29, 0.717) is 36.4 Å². The lowest BCUT2D eigenvalue weighted by atomic mass is 9.84. The molecule has 0 spiro atoms. The minimum Gasteiger partial charge on any atom is -0.494 e. The number of carbonyl (C=O) groups excluding carboxylic acids is 1. The van der Waals surface area contributed by atoms with E-state index in [1.807, 2.05) is 97.9 Å². The summed E-state index contributed by atoms with van der Waals surface area (Å²) in [5.41, 5.74) is 9.49. The number of amides is 1. The monoisotopic (exact) mass is 732 g/mol. The lowest BCUT2D eigenvalue weighted by Gasteiger charge is -2.30. The summed E-state index contributed by atoms with van der Waals surface area (Å²) in [6.07, 6.45) is -0.622. The van der Waals surface area contributed by atoms with Crippen molar-refractivity contribution in [3.63, 3.8) is 0 Å². The number of hydrogen-bond acceptors (Lipinski definition) is 9. The number of aliphatic hydroxyl groups is 1. The number of nitrogens with one attached hydrogen (secondary N) is 2. The van der Waals surface area contributed by atoms with Crippen LogP contribution < -0.4 is 20.5 Å². The van der Waals surface area contributed by atoms with Crippen molar-refractivity contribution in [3.05, 3.63) is 150 Å². The van der Waals surface area contributed by atoms with Crippen LogP contribution in [0.25, 0.3) is 11.1 Å². The molecule has 10 nitrogen and oxygen atoms in total. The molecule has 3 N–H and O–H groups in total. The van der Waals surface area contributed by atoms with Crippen molar-refractivity contribution in [3.8, 4) is 16.9 Å². The SMILES string of the molecule is CN(C)c1ccc(CNNC(=O)[C@@]2(CCS(=O)(=O)c3ccccc3)N=C(c3ccc(OCCCO)cc3)O[C@H]2c2ccc(-c3ccccc3)cc2)cc1. The van der Waals surface area contributed by atoms with E-state index < -0.39 is 27.4 Å². The van der Waals surface area contributed by atoms with Gasteiger partial charge in [0.2, 0.25) is 5.90 Å². The first-order chi connectivity index (χ1) is 25.7. The van der Waals surface area contributed by atoms with Gasteiger partial charge in [-0.15, -0.1) is 0 Å². The summed E-state index contributed by atoms with van der Waals surface area (Å²) in [5, 5.41) is 9.13. The lowest BCUT2D eigenvalue weighted by molar-refractivity contribution is -0.130. The van der Waals surface area contributed by atoms with Gasteiger partial charge in [-0.05, 0) is 70.8 Å². The molecule has 2 atom stereocenters. The van der Waals surface area contributed by atoms with Gasteiger partial charge in [-0.25, -0.2) is 18.8 Å². The van der Waals surface area contributed by atoms with Gasteiger partial charge in [0, 0.05) is 51.3 Å². The molecule has 0 saturated heterocycles. The summed E-state index contributed by atoms with van der Waals surface area (Å²) in [7, 11) is 0.132. The highest BCUT2D eigenvalue weighted by molar-refractivity contribution is 7.91. The average molecular weight is 733 g/mol. The van der Waals surface area contributed by atoms with Crippen LogP contribution >= 0.6 is 0 Å². The largest absolute Gasteiger partial charge is 0.494 e. The standard InChI is InChI=1S/C42H44N4O6S/c1-46(2)36-22-14-31(15-23-36)30-43-45-41(48)42(26-29-53(49,50)38-12-7-4-8-13-38)39(34-18-16-33(17-19-34)32-10-5-3-6-11-32)52-40(44-42)35-20-24-37(25-21-35)51-28-9-27-47/h3-8,10-25,39,43,47H,9,26-30H2,1-2H3,(H,45,48)/t39-,42-/m0/s1. The van der Waals surface area contributed by atoms with Crippen LogP contribution in [0.3, 0.4) is 0 Å². The summed E-state index contributed by atoms with van der Waals surface area (Å²) in [5.74, 6) is -0.0701. The summed E-state index contributed by atoms with van der Waals surface area (Å²) in [6, 6.07) is 40.9. The van der Waals surface area contributed by atoms with Crippen molar-refractivity contribution in [2.75, 3.05) is 38.0 Å². The maximum Gasteiger partial charge on any atom is 0.266 e. The Hall–Kier alpha value is -5.49. The molecule has 0 saturated carbocycles. The Morgan fingerprint density at radius 2 is 1.45 bits per heavy atom. The highest BCUT2D eigenvalue weighted by Gasteiger charge is 2.53. The highest BCUT2D eigenvalue weighted by atomic mass is 32.2. The number of benzene rings is 5. The maximum absolute atomic E-state index is 14.6. The number of sulfone groups is 1. The first kappa shape index (κ1) is 37.3. The third-order valence-corrected chi connectivity index (χ3v) is 10.9. The molecule has 1 amide bonds. The van der Waals surface area contributed by atoms with Gasteiger partial charge in [-0.1, -0.05) is 84.9 Å². The molecule has 0 aliphatic carbocycles. The third kappa shape index (κ3) is 8.94. The lowest BCUT2D eigenvalue weighted by Crippen LogP contribution is -2.53. The van der Waals surface area contributed by atoms with Crippen molar-refractivity contribution in [1.82, 2.24) is 10.9 Å². The van der Waals surface area contributed by atoms with Gasteiger partial charge in [-0.3, -0.25) is 10.2 Å². The molecule has 0 aromatic heterocycles. The predicted octanol–water partition coefficient (Wildman–Crippen LogP) is 6.12. The fourth-order valence-corrected chi connectivity index (χ4v) is 7.52. The second kappa shape index (κ2) is 16.9. The van der Waals surface area contributed by atoms with E-state index in [4.69, 9.17) is 19.6 Å². The molecule has 53 heavy (non-hydrogen) atoms. The number of ether oxygens (including phenoxy) is 2. The molecule has 0 bridgehead atoms. The van der Waals surface area contributed by atoms with E-state index in [2.05, 4.69) is 10.9 Å². The summed E-state index contributed by atoms with van der Waals surface area (Å²) >= 11 is 0. The van der Waals surface area contributed by atoms with Gasteiger partial charge in [-0.2, -0.15) is 0 Å². The Morgan fingerprint density at radius 1 is 0.830 bits per heavy atom. The number of nitrogens with zero attached hydrogens (tertiary/aromatic N) is 2. The van der Waals surface area contributed by atoms with E-state index in [9.17, 15) is 13.2 Å². The van der Waals surface area contributed by atoms with Crippen LogP contribution in [0.4, 0.5) is 5.69 Å². The molecular formula is C42H44N4O6S. The zero-order valence-corrected chi connectivity index (χ0v) is 30.6. The van der Waals surface area contributed by atoms with Crippen LogP contribution in [0, 0.1) is 0 Å². The molecule has 11 heteroatoms. The molecule has 5 aromatic rings. The zero-order chi connectivity index (χ0) is 37.3. The topological polar surface area (TPSA) is 130 Å². The highest BCUT2D eigenvalue weighted by Crippen LogP contribution is 2.43. The van der Waals surface area contributed by atoms with E-state index >= 15 is 0 Å². The average Bonchev–Trinajstić information content (AvgIpc) is 3.59. The summed E-state index contributed by atoms with van der Waals surface area (Å²) in [6.45, 7) is 0.710. The van der Waals surface area contributed by atoms with Crippen molar-refractivity contribution in [2.45, 2.75) is 35.9 Å². The fourth-order valence-electron chi connectivity index (χ4n) is 6.13. The van der Waals surface area contributed by atoms with E-state index in [0.717, 1.165) is 22.4 Å². The molecule has 274 valence electrons. The Balaban J connectivity index is 1.36. The van der Waals surface area contributed by atoms with Crippen LogP contribution in [0.5, 0.6) is 5.75 Å². The molecule has 0 fully saturated rings. The third-order valence-electron chi connectivity index (χ3n) is 9.15. The number of rotatable bonds is 16. The van der Waals surface area contributed by atoms with Crippen LogP contribution in [0.1, 0.15) is 35.6 Å². The minimum atomic E-state index is -3.80. The van der Waals surface area contributed by atoms with Crippen LogP contribution in [0.15, 0.2) is 143 Å². The Labute approximate surface area is 311 Å². The molecule has 1 aliphatic rings. The van der Waals surface area contributed by atoms with Crippen LogP contribution in [-0.2, 0) is 25.9 Å². The Bertz CT molecular complexity index is 2090. The summed E-state index contributed by atoms with van der Waals surface area (Å²) < 4.78 is 39.7. The fraction of sp³-hybridized carbons (Fsp3) is 0.238. The smallest absolute Gasteiger partial charge is 0.266 e. The number of aliphatic hydroxyl groups excluding tert-OH is 1. The van der Waals surface area contributed by atoms with Crippen molar-refractivity contribution >= 4 is 27.3 Å². The number of aliphatic imine (C=N–C) groups is 1. The van der Waals surface area contributed by atoms with Gasteiger partial charge in [0.25, 0.3) is 5.91 Å². The predicted molar refractivity (Wildman–Crippen MR) is 207 cm³/mol. The number of hydrogen-bond donors (Lipinski definition) is 3. The van der Waals surface area contributed by atoms with E-state index in [1.165, 1.54) is 0 Å². The molecule has 0 unspecified atom stereocenters. The second-order valence-electron chi connectivity index (χ2n) is 13.0. The Kier molecular flexibility index (Phi) is 11.9. The maximum atomic E-state index is 14.6. The molecule has 1 heterocycles. The van der Waals surface area contributed by atoms with Crippen molar-refractivity contribution in [1.29, 1.82) is 0 Å². The van der Waals surface area contributed by atoms with Gasteiger partial charge < -0.3 is 19.5 Å². The number of hydrazine groups is 1. The van der Waals surface area contributed by atoms with E-state index in [1.54, 1.807) is 54.6 Å². The summed E-state index contributed by atoms with van der Waals surface area (Å²) in [4.78, 5) is 21.8. The van der Waals surface area contributed by atoms with Gasteiger partial charge in [0.15, 0.2) is 21.5 Å². The Morgan fingerprint density at radius 3 is 2.09 bits per heavy atom. The normalized spacial score (nSPS) is 16.7. The minimum absolute atomic E-state index is 0.0260. The first-order valence-corrected chi connectivity index (χ1v) is 19.2. The quantitative estimate of drug-likeness (QED) is 0.0818. The zero-order valence-electron chi connectivity index (χ0n) is 29.8. The van der Waals surface area contributed by atoms with Crippen molar-refractivity contribution < 1.29 is 27.8 Å².